The first-order valence-electron chi connectivity index (χ1n) is 5.22. The van der Waals surface area contributed by atoms with Gasteiger partial charge in [-0.15, -0.1) is 0 Å². The molecule has 1 aromatic rings. The van der Waals surface area contributed by atoms with Crippen molar-refractivity contribution in [2.75, 3.05) is 18.1 Å². The van der Waals surface area contributed by atoms with Crippen LogP contribution in [0.5, 0.6) is 0 Å². The molecular weight excluding hydrogens is 222 g/mol. The van der Waals surface area contributed by atoms with E-state index in [1.54, 1.807) is 13.8 Å². The maximum Gasteiger partial charge on any atom is 0.154 e. The maximum atomic E-state index is 11.5. The zero-order valence-corrected chi connectivity index (χ0v) is 11.1. The summed E-state index contributed by atoms with van der Waals surface area (Å²) in [7, 11) is -3.04. The molecule has 4 heteroatoms. The van der Waals surface area contributed by atoms with Gasteiger partial charge in [0, 0.05) is 18.5 Å². The largest absolute Gasteiger partial charge is 0.383 e. The standard InChI is InChI=1S/C12H19NO2S/c1-10-5-7-11(8-6-10)13-9-12(2,3)16(4,14)15/h5-8,13H,9H2,1-4H3. The lowest BCUT2D eigenvalue weighted by Crippen LogP contribution is -2.38. The Balaban J connectivity index is 2.68. The zero-order valence-electron chi connectivity index (χ0n) is 10.2. The van der Waals surface area contributed by atoms with Gasteiger partial charge in [0.15, 0.2) is 9.84 Å². The van der Waals surface area contributed by atoms with E-state index in [1.165, 1.54) is 11.8 Å². The van der Waals surface area contributed by atoms with E-state index in [0.29, 0.717) is 6.54 Å². The second-order valence-corrected chi connectivity index (χ2v) is 7.40. The van der Waals surface area contributed by atoms with Crippen LogP contribution in [-0.2, 0) is 9.84 Å². The van der Waals surface area contributed by atoms with Gasteiger partial charge in [0.05, 0.1) is 4.75 Å². The van der Waals surface area contributed by atoms with Crippen molar-refractivity contribution >= 4 is 15.5 Å². The predicted molar refractivity (Wildman–Crippen MR) is 68.6 cm³/mol. The lowest BCUT2D eigenvalue weighted by molar-refractivity contribution is 0.560. The molecule has 0 saturated heterocycles. The average molecular weight is 241 g/mol. The number of nitrogens with one attached hydrogen (secondary N) is 1. The van der Waals surface area contributed by atoms with Crippen LogP contribution in [0.4, 0.5) is 5.69 Å². The molecule has 3 nitrogen and oxygen atoms in total. The fraction of sp³-hybridized carbons (Fsp3) is 0.500. The van der Waals surface area contributed by atoms with Gasteiger partial charge in [-0.1, -0.05) is 17.7 Å². The Kier molecular flexibility index (Phi) is 3.63. The highest BCUT2D eigenvalue weighted by atomic mass is 32.2. The van der Waals surface area contributed by atoms with Crippen LogP contribution in [0.1, 0.15) is 19.4 Å². The number of hydrogen-bond donors (Lipinski definition) is 1. The van der Waals surface area contributed by atoms with Crippen LogP contribution in [-0.4, -0.2) is 26.0 Å². The highest BCUT2D eigenvalue weighted by Crippen LogP contribution is 2.17. The van der Waals surface area contributed by atoms with Gasteiger partial charge in [-0.25, -0.2) is 8.42 Å². The van der Waals surface area contributed by atoms with Gasteiger partial charge in [-0.3, -0.25) is 0 Å². The van der Waals surface area contributed by atoms with Gasteiger partial charge in [-0.05, 0) is 32.9 Å². The van der Waals surface area contributed by atoms with Gasteiger partial charge < -0.3 is 5.32 Å². The summed E-state index contributed by atoms with van der Waals surface area (Å²) in [5, 5.41) is 3.14. The van der Waals surface area contributed by atoms with Crippen molar-refractivity contribution < 1.29 is 8.42 Å². The normalized spacial score (nSPS) is 12.5. The second kappa shape index (κ2) is 4.45. The topological polar surface area (TPSA) is 46.2 Å². The van der Waals surface area contributed by atoms with Crippen LogP contribution in [0.2, 0.25) is 0 Å². The average Bonchev–Trinajstić information content (AvgIpc) is 2.15. The monoisotopic (exact) mass is 241 g/mol. The lowest BCUT2D eigenvalue weighted by atomic mass is 10.2. The molecule has 0 aliphatic rings. The molecule has 0 unspecified atom stereocenters. The number of rotatable bonds is 4. The summed E-state index contributed by atoms with van der Waals surface area (Å²) >= 11 is 0. The summed E-state index contributed by atoms with van der Waals surface area (Å²) in [6.45, 7) is 5.88. The minimum absolute atomic E-state index is 0.412. The van der Waals surface area contributed by atoms with E-state index in [1.807, 2.05) is 31.2 Å². The highest BCUT2D eigenvalue weighted by Gasteiger charge is 2.29. The van der Waals surface area contributed by atoms with Crippen LogP contribution < -0.4 is 5.32 Å². The Morgan fingerprint density at radius 1 is 1.19 bits per heavy atom. The summed E-state index contributed by atoms with van der Waals surface area (Å²) in [6, 6.07) is 7.90. The molecule has 0 radical (unpaired) electrons. The van der Waals surface area contributed by atoms with E-state index in [0.717, 1.165) is 5.69 Å². The van der Waals surface area contributed by atoms with E-state index in [-0.39, 0.29) is 0 Å². The lowest BCUT2D eigenvalue weighted by Gasteiger charge is -2.23. The van der Waals surface area contributed by atoms with Gasteiger partial charge in [0.2, 0.25) is 0 Å². The minimum atomic E-state index is -3.04. The van der Waals surface area contributed by atoms with Crippen molar-refractivity contribution in [3.63, 3.8) is 0 Å². The number of anilines is 1. The quantitative estimate of drug-likeness (QED) is 0.879. The Hall–Kier alpha value is -1.03. The molecule has 0 aliphatic carbocycles. The zero-order chi connectivity index (χ0) is 12.4. The summed E-state index contributed by atoms with van der Waals surface area (Å²) in [4.78, 5) is 0. The fourth-order valence-electron chi connectivity index (χ4n) is 1.12. The molecule has 0 aliphatic heterocycles. The van der Waals surface area contributed by atoms with E-state index in [2.05, 4.69) is 5.32 Å². The van der Waals surface area contributed by atoms with Crippen molar-refractivity contribution in [2.24, 2.45) is 0 Å². The Morgan fingerprint density at radius 2 is 1.69 bits per heavy atom. The highest BCUT2D eigenvalue weighted by molar-refractivity contribution is 7.92. The molecule has 0 fully saturated rings. The maximum absolute atomic E-state index is 11.5. The molecule has 16 heavy (non-hydrogen) atoms. The molecule has 0 saturated carbocycles. The van der Waals surface area contributed by atoms with Gasteiger partial charge >= 0.3 is 0 Å². The molecule has 0 bridgehead atoms. The molecule has 1 aromatic carbocycles. The molecule has 1 N–H and O–H groups in total. The van der Waals surface area contributed by atoms with E-state index in [9.17, 15) is 8.42 Å². The van der Waals surface area contributed by atoms with Crippen LogP contribution in [0.3, 0.4) is 0 Å². The van der Waals surface area contributed by atoms with Gasteiger partial charge in [-0.2, -0.15) is 0 Å². The van der Waals surface area contributed by atoms with Crippen molar-refractivity contribution in [3.05, 3.63) is 29.8 Å². The molecule has 0 atom stereocenters. The summed E-state index contributed by atoms with van der Waals surface area (Å²) in [6.07, 6.45) is 1.27. The smallest absolute Gasteiger partial charge is 0.154 e. The first-order valence-corrected chi connectivity index (χ1v) is 7.12. The molecule has 90 valence electrons. The van der Waals surface area contributed by atoms with Crippen molar-refractivity contribution in [2.45, 2.75) is 25.5 Å². The number of benzene rings is 1. The third-order valence-electron chi connectivity index (χ3n) is 2.77. The fourth-order valence-corrected chi connectivity index (χ4v) is 1.45. The summed E-state index contributed by atoms with van der Waals surface area (Å²) in [5.41, 5.74) is 2.13. The van der Waals surface area contributed by atoms with E-state index < -0.39 is 14.6 Å². The van der Waals surface area contributed by atoms with E-state index in [4.69, 9.17) is 0 Å². The molecule has 0 aromatic heterocycles. The first-order chi connectivity index (χ1) is 7.22. The SMILES string of the molecule is Cc1ccc(NCC(C)(C)S(C)(=O)=O)cc1. The van der Waals surface area contributed by atoms with E-state index >= 15 is 0 Å². The number of aryl methyl sites for hydroxylation is 1. The van der Waals surface area contributed by atoms with Gasteiger partial charge in [0.25, 0.3) is 0 Å². The molecule has 1 rings (SSSR count). The predicted octanol–water partition coefficient (Wildman–Crippen LogP) is 2.23. The second-order valence-electron chi connectivity index (χ2n) is 4.75. The molecule has 0 heterocycles. The van der Waals surface area contributed by atoms with Crippen molar-refractivity contribution in [3.8, 4) is 0 Å². The van der Waals surface area contributed by atoms with Gasteiger partial charge in [0.1, 0.15) is 0 Å². The first kappa shape index (κ1) is 13.0. The Morgan fingerprint density at radius 3 is 2.12 bits per heavy atom. The molecule has 0 spiro atoms. The summed E-state index contributed by atoms with van der Waals surface area (Å²) in [5.74, 6) is 0. The van der Waals surface area contributed by atoms with Crippen LogP contribution in [0.15, 0.2) is 24.3 Å². The van der Waals surface area contributed by atoms with Crippen LogP contribution in [0.25, 0.3) is 0 Å². The van der Waals surface area contributed by atoms with Crippen LogP contribution >= 0.6 is 0 Å². The molecular formula is C12H19NO2S. The Bertz CT molecular complexity index is 446. The minimum Gasteiger partial charge on any atom is -0.383 e. The number of hydrogen-bond acceptors (Lipinski definition) is 3. The van der Waals surface area contributed by atoms with Crippen molar-refractivity contribution in [1.82, 2.24) is 0 Å². The molecule has 0 amide bonds. The summed E-state index contributed by atoms with van der Waals surface area (Å²) < 4.78 is 22.2. The third kappa shape index (κ3) is 3.23. The Labute approximate surface area is 97.8 Å². The third-order valence-corrected chi connectivity index (χ3v) is 4.93. The van der Waals surface area contributed by atoms with Crippen molar-refractivity contribution in [1.29, 1.82) is 0 Å². The van der Waals surface area contributed by atoms with Crippen LogP contribution in [0, 0.1) is 6.92 Å². The number of sulfone groups is 1.